The summed E-state index contributed by atoms with van der Waals surface area (Å²) in [4.78, 5) is 4.34. The lowest BCUT2D eigenvalue weighted by molar-refractivity contribution is 0.554. The first-order chi connectivity index (χ1) is 9.35. The van der Waals surface area contributed by atoms with E-state index in [2.05, 4.69) is 45.4 Å². The summed E-state index contributed by atoms with van der Waals surface area (Å²) in [7, 11) is 0. The lowest BCUT2D eigenvalue weighted by Crippen LogP contribution is -2.14. The molecular weight excluding hydrogens is 238 g/mol. The highest BCUT2D eigenvalue weighted by Gasteiger charge is 2.20. The molecule has 102 valence electrons. The Hall–Kier alpha value is -1.62. The van der Waals surface area contributed by atoms with E-state index in [1.54, 1.807) is 6.33 Å². The van der Waals surface area contributed by atoms with Gasteiger partial charge in [0.2, 0.25) is 0 Å². The van der Waals surface area contributed by atoms with Crippen LogP contribution in [0.3, 0.4) is 0 Å². The zero-order valence-electron chi connectivity index (χ0n) is 11.4. The summed E-state index contributed by atoms with van der Waals surface area (Å²) in [6.45, 7) is 4.86. The van der Waals surface area contributed by atoms with Gasteiger partial charge in [-0.3, -0.25) is 0 Å². The SMILES string of the molecule is CCCn1ncnc1Cn1ccc(CNC2CC2)c1. The Morgan fingerprint density at radius 2 is 2.32 bits per heavy atom. The van der Waals surface area contributed by atoms with E-state index in [0.717, 1.165) is 37.9 Å². The number of nitrogens with zero attached hydrogens (tertiary/aromatic N) is 4. The summed E-state index contributed by atoms with van der Waals surface area (Å²) in [5.74, 6) is 1.03. The molecule has 1 aliphatic rings. The third kappa shape index (κ3) is 3.23. The fraction of sp³-hybridized carbons (Fsp3) is 0.571. The van der Waals surface area contributed by atoms with Crippen LogP contribution < -0.4 is 5.32 Å². The maximum atomic E-state index is 4.34. The van der Waals surface area contributed by atoms with Crippen molar-refractivity contribution in [3.8, 4) is 0 Å². The second-order valence-corrected chi connectivity index (χ2v) is 5.25. The van der Waals surface area contributed by atoms with Gasteiger partial charge in [0.25, 0.3) is 0 Å². The molecule has 5 heteroatoms. The van der Waals surface area contributed by atoms with Crippen LogP contribution in [-0.4, -0.2) is 25.4 Å². The molecule has 2 heterocycles. The maximum absolute atomic E-state index is 4.34. The van der Waals surface area contributed by atoms with Crippen molar-refractivity contribution in [1.82, 2.24) is 24.6 Å². The van der Waals surface area contributed by atoms with Crippen molar-refractivity contribution in [1.29, 1.82) is 0 Å². The summed E-state index contributed by atoms with van der Waals surface area (Å²) in [5.41, 5.74) is 1.34. The largest absolute Gasteiger partial charge is 0.346 e. The van der Waals surface area contributed by atoms with Gasteiger partial charge in [0, 0.05) is 31.5 Å². The predicted molar refractivity (Wildman–Crippen MR) is 73.7 cm³/mol. The molecule has 19 heavy (non-hydrogen) atoms. The molecule has 3 rings (SSSR count). The molecule has 0 bridgehead atoms. The number of nitrogens with one attached hydrogen (secondary N) is 1. The van der Waals surface area contributed by atoms with Crippen molar-refractivity contribution < 1.29 is 0 Å². The summed E-state index contributed by atoms with van der Waals surface area (Å²) in [6, 6.07) is 2.94. The highest BCUT2D eigenvalue weighted by atomic mass is 15.3. The molecule has 2 aromatic heterocycles. The van der Waals surface area contributed by atoms with Crippen LogP contribution in [0.4, 0.5) is 0 Å². The van der Waals surface area contributed by atoms with Crippen molar-refractivity contribution in [2.75, 3.05) is 0 Å². The zero-order valence-corrected chi connectivity index (χ0v) is 11.4. The summed E-state index contributed by atoms with van der Waals surface area (Å²) >= 11 is 0. The van der Waals surface area contributed by atoms with E-state index < -0.39 is 0 Å². The van der Waals surface area contributed by atoms with Crippen LogP contribution in [0.2, 0.25) is 0 Å². The summed E-state index contributed by atoms with van der Waals surface area (Å²) in [5, 5.41) is 7.79. The van der Waals surface area contributed by atoms with Gasteiger partial charge in [0.05, 0.1) is 6.54 Å². The van der Waals surface area contributed by atoms with Crippen LogP contribution in [0.1, 0.15) is 37.6 Å². The molecule has 0 unspecified atom stereocenters. The van der Waals surface area contributed by atoms with Crippen molar-refractivity contribution in [3.05, 3.63) is 36.2 Å². The van der Waals surface area contributed by atoms with E-state index in [0.29, 0.717) is 0 Å². The molecular formula is C14H21N5. The van der Waals surface area contributed by atoms with E-state index >= 15 is 0 Å². The van der Waals surface area contributed by atoms with Gasteiger partial charge >= 0.3 is 0 Å². The van der Waals surface area contributed by atoms with E-state index in [1.165, 1.54) is 18.4 Å². The van der Waals surface area contributed by atoms with Gasteiger partial charge in [-0.15, -0.1) is 0 Å². The molecule has 0 radical (unpaired) electrons. The second-order valence-electron chi connectivity index (χ2n) is 5.25. The van der Waals surface area contributed by atoms with Gasteiger partial charge in [0.15, 0.2) is 0 Å². The first-order valence-electron chi connectivity index (χ1n) is 7.10. The highest BCUT2D eigenvalue weighted by molar-refractivity contribution is 5.11. The fourth-order valence-electron chi connectivity index (χ4n) is 2.22. The van der Waals surface area contributed by atoms with Crippen molar-refractivity contribution in [3.63, 3.8) is 0 Å². The van der Waals surface area contributed by atoms with E-state index in [-0.39, 0.29) is 0 Å². The predicted octanol–water partition coefficient (Wildman–Crippen LogP) is 1.79. The van der Waals surface area contributed by atoms with Crippen molar-refractivity contribution in [2.24, 2.45) is 0 Å². The smallest absolute Gasteiger partial charge is 0.146 e. The third-order valence-corrected chi connectivity index (χ3v) is 3.44. The minimum Gasteiger partial charge on any atom is -0.346 e. The molecule has 1 aliphatic carbocycles. The van der Waals surface area contributed by atoms with Crippen LogP contribution >= 0.6 is 0 Å². The molecule has 0 aliphatic heterocycles. The lowest BCUT2D eigenvalue weighted by Gasteiger charge is -2.05. The fourth-order valence-corrected chi connectivity index (χ4v) is 2.22. The molecule has 1 N–H and O–H groups in total. The van der Waals surface area contributed by atoms with Crippen LogP contribution in [0.15, 0.2) is 24.8 Å². The van der Waals surface area contributed by atoms with Gasteiger partial charge in [-0.25, -0.2) is 9.67 Å². The monoisotopic (exact) mass is 259 g/mol. The minimum atomic E-state index is 0.760. The Balaban J connectivity index is 1.60. The Bertz CT molecular complexity index is 523. The van der Waals surface area contributed by atoms with Crippen LogP contribution in [0.5, 0.6) is 0 Å². The molecule has 1 saturated carbocycles. The van der Waals surface area contributed by atoms with E-state index in [1.807, 2.05) is 4.68 Å². The average Bonchev–Trinajstić information content (AvgIpc) is 2.98. The quantitative estimate of drug-likeness (QED) is 0.824. The molecule has 0 saturated heterocycles. The number of hydrogen-bond donors (Lipinski definition) is 1. The molecule has 5 nitrogen and oxygen atoms in total. The van der Waals surface area contributed by atoms with E-state index in [9.17, 15) is 0 Å². The maximum Gasteiger partial charge on any atom is 0.146 e. The molecule has 0 spiro atoms. The average molecular weight is 259 g/mol. The Morgan fingerprint density at radius 3 is 3.11 bits per heavy atom. The molecule has 0 atom stereocenters. The van der Waals surface area contributed by atoms with Crippen LogP contribution in [0, 0.1) is 0 Å². The first kappa shape index (κ1) is 12.4. The van der Waals surface area contributed by atoms with Crippen LogP contribution in [0.25, 0.3) is 0 Å². The Morgan fingerprint density at radius 1 is 1.42 bits per heavy atom. The number of aryl methyl sites for hydroxylation is 1. The molecule has 1 fully saturated rings. The molecule has 0 aromatic carbocycles. The Labute approximate surface area is 113 Å². The van der Waals surface area contributed by atoms with E-state index in [4.69, 9.17) is 0 Å². The van der Waals surface area contributed by atoms with Crippen LogP contribution in [-0.2, 0) is 19.6 Å². The lowest BCUT2D eigenvalue weighted by atomic mass is 10.3. The number of hydrogen-bond acceptors (Lipinski definition) is 3. The summed E-state index contributed by atoms with van der Waals surface area (Å²) in [6.07, 6.45) is 9.71. The number of rotatable bonds is 7. The van der Waals surface area contributed by atoms with Gasteiger partial charge < -0.3 is 9.88 Å². The van der Waals surface area contributed by atoms with Gasteiger partial charge in [-0.05, 0) is 30.9 Å². The second kappa shape index (κ2) is 5.57. The highest BCUT2D eigenvalue weighted by Crippen LogP contribution is 2.19. The topological polar surface area (TPSA) is 47.7 Å². The molecule has 0 amide bonds. The Kier molecular flexibility index (Phi) is 3.64. The molecule has 2 aromatic rings. The first-order valence-corrected chi connectivity index (χ1v) is 7.10. The van der Waals surface area contributed by atoms with Gasteiger partial charge in [-0.1, -0.05) is 6.92 Å². The van der Waals surface area contributed by atoms with Crippen molar-refractivity contribution >= 4 is 0 Å². The third-order valence-electron chi connectivity index (χ3n) is 3.44. The van der Waals surface area contributed by atoms with Gasteiger partial charge in [0.1, 0.15) is 12.2 Å². The van der Waals surface area contributed by atoms with Crippen molar-refractivity contribution in [2.45, 2.75) is 51.9 Å². The normalized spacial score (nSPS) is 15.0. The minimum absolute atomic E-state index is 0.760. The number of aromatic nitrogens is 4. The standard InChI is InChI=1S/C14H21N5/c1-2-6-19-14(16-11-17-19)10-18-7-5-12(9-18)8-15-13-3-4-13/h5,7,9,11,13,15H,2-4,6,8,10H2,1H3. The zero-order chi connectivity index (χ0) is 13.1. The van der Waals surface area contributed by atoms with Gasteiger partial charge in [-0.2, -0.15) is 5.10 Å². The summed E-state index contributed by atoms with van der Waals surface area (Å²) < 4.78 is 4.17.